The molecule has 178 valence electrons. The molecule has 0 aliphatic carbocycles. The van der Waals surface area contributed by atoms with Gasteiger partial charge in [-0.05, 0) is 62.1 Å². The summed E-state index contributed by atoms with van der Waals surface area (Å²) in [6.45, 7) is 3.07. The number of methoxy groups -OCH3 is 1. The number of rotatable bonds is 7. The highest BCUT2D eigenvalue weighted by Gasteiger charge is 2.25. The minimum absolute atomic E-state index is 0.0462. The first kappa shape index (κ1) is 23.5. The van der Waals surface area contributed by atoms with E-state index in [9.17, 15) is 14.0 Å². The Labute approximate surface area is 198 Å². The summed E-state index contributed by atoms with van der Waals surface area (Å²) in [4.78, 5) is 31.7. The van der Waals surface area contributed by atoms with E-state index in [2.05, 4.69) is 10.3 Å². The highest BCUT2D eigenvalue weighted by molar-refractivity contribution is 5.95. The summed E-state index contributed by atoms with van der Waals surface area (Å²) in [6, 6.07) is 11.4. The number of nitrogens with one attached hydrogen (secondary N) is 1. The quantitative estimate of drug-likeness (QED) is 0.579. The molecular formula is C26H29FN4O3. The average molecular weight is 465 g/mol. The number of ether oxygens (including phenoxy) is 1. The van der Waals surface area contributed by atoms with Gasteiger partial charge < -0.3 is 19.5 Å². The molecule has 1 fully saturated rings. The number of carbonyl (C=O) groups is 2. The van der Waals surface area contributed by atoms with Gasteiger partial charge in [0.2, 0.25) is 5.91 Å². The van der Waals surface area contributed by atoms with Gasteiger partial charge in [0.15, 0.2) is 0 Å². The molecule has 1 aromatic heterocycles. The molecule has 34 heavy (non-hydrogen) atoms. The maximum absolute atomic E-state index is 13.1. The van der Waals surface area contributed by atoms with Gasteiger partial charge in [0.05, 0.1) is 24.8 Å². The molecule has 1 aliphatic heterocycles. The summed E-state index contributed by atoms with van der Waals surface area (Å²) in [7, 11) is 1.57. The van der Waals surface area contributed by atoms with Crippen LogP contribution in [-0.4, -0.2) is 52.5 Å². The number of carbonyl (C=O) groups excluding carboxylic acids is 2. The van der Waals surface area contributed by atoms with Crippen molar-refractivity contribution in [2.24, 2.45) is 0 Å². The number of imidazole rings is 1. The van der Waals surface area contributed by atoms with Crippen molar-refractivity contribution < 1.29 is 18.7 Å². The van der Waals surface area contributed by atoms with Crippen LogP contribution in [0.2, 0.25) is 0 Å². The molecule has 0 saturated carbocycles. The van der Waals surface area contributed by atoms with Gasteiger partial charge in [-0.25, -0.2) is 9.37 Å². The molecule has 2 aromatic carbocycles. The molecule has 1 atom stereocenters. The molecule has 0 spiro atoms. The fourth-order valence-electron chi connectivity index (χ4n) is 4.24. The normalized spacial score (nSPS) is 15.7. The monoisotopic (exact) mass is 464 g/mol. The Kier molecular flexibility index (Phi) is 7.25. The highest BCUT2D eigenvalue weighted by atomic mass is 19.1. The molecule has 2 amide bonds. The number of benzene rings is 2. The number of piperidine rings is 1. The van der Waals surface area contributed by atoms with Crippen LogP contribution >= 0.6 is 0 Å². The average Bonchev–Trinajstić information content (AvgIpc) is 3.29. The Balaban J connectivity index is 1.35. The lowest BCUT2D eigenvalue weighted by Gasteiger charge is -2.33. The van der Waals surface area contributed by atoms with Crippen molar-refractivity contribution in [2.45, 2.75) is 38.6 Å². The van der Waals surface area contributed by atoms with Gasteiger partial charge in [0.25, 0.3) is 5.91 Å². The highest BCUT2D eigenvalue weighted by Crippen LogP contribution is 2.25. The van der Waals surface area contributed by atoms with Crippen LogP contribution in [0.5, 0.6) is 5.75 Å². The third-order valence-corrected chi connectivity index (χ3v) is 6.08. The van der Waals surface area contributed by atoms with Gasteiger partial charge in [-0.3, -0.25) is 9.59 Å². The van der Waals surface area contributed by atoms with Crippen molar-refractivity contribution in [1.29, 1.82) is 0 Å². The Morgan fingerprint density at radius 3 is 2.71 bits per heavy atom. The molecule has 1 saturated heterocycles. The number of aromatic nitrogens is 2. The number of halogens is 1. The number of aryl methyl sites for hydroxylation is 2. The molecule has 8 heteroatoms. The lowest BCUT2D eigenvalue weighted by Crippen LogP contribution is -2.49. The van der Waals surface area contributed by atoms with E-state index in [1.54, 1.807) is 37.7 Å². The van der Waals surface area contributed by atoms with Crippen molar-refractivity contribution in [2.75, 3.05) is 20.2 Å². The van der Waals surface area contributed by atoms with Crippen LogP contribution in [0.25, 0.3) is 5.69 Å². The van der Waals surface area contributed by atoms with Gasteiger partial charge in [0, 0.05) is 37.3 Å². The first-order valence-electron chi connectivity index (χ1n) is 11.4. The lowest BCUT2D eigenvalue weighted by molar-refractivity contribution is -0.132. The fourth-order valence-corrected chi connectivity index (χ4v) is 4.24. The predicted octanol–water partition coefficient (Wildman–Crippen LogP) is 3.68. The van der Waals surface area contributed by atoms with Crippen LogP contribution in [0.3, 0.4) is 0 Å². The Morgan fingerprint density at radius 2 is 2.00 bits per heavy atom. The van der Waals surface area contributed by atoms with Crippen molar-refractivity contribution in [3.63, 3.8) is 0 Å². The third-order valence-electron chi connectivity index (χ3n) is 6.08. The van der Waals surface area contributed by atoms with Crippen molar-refractivity contribution in [3.05, 3.63) is 77.6 Å². The SMILES string of the molecule is COc1cc(C(=O)NC2CCCN(C(=O)CCc3ccc(F)cc3)C2)ccc1-n1cnc(C)c1. The first-order chi connectivity index (χ1) is 16.4. The summed E-state index contributed by atoms with van der Waals surface area (Å²) in [5.74, 6) is 0.141. The molecule has 0 radical (unpaired) electrons. The van der Waals surface area contributed by atoms with E-state index in [0.29, 0.717) is 37.2 Å². The standard InChI is InChI=1S/C26H29FN4O3/c1-18-15-31(17-28-18)23-11-8-20(14-24(23)34-2)26(33)29-22-4-3-13-30(16-22)25(32)12-7-19-5-9-21(27)10-6-19/h5-6,8-11,14-15,17,22H,3-4,7,12-13,16H2,1-2H3,(H,29,33). The van der Waals surface area contributed by atoms with Gasteiger partial charge in [-0.1, -0.05) is 12.1 Å². The van der Waals surface area contributed by atoms with Crippen LogP contribution in [0, 0.1) is 12.7 Å². The molecule has 2 heterocycles. The Morgan fingerprint density at radius 1 is 1.21 bits per heavy atom. The summed E-state index contributed by atoms with van der Waals surface area (Å²) in [6.07, 6.45) is 6.17. The molecule has 7 nitrogen and oxygen atoms in total. The molecule has 1 N–H and O–H groups in total. The molecule has 1 aliphatic rings. The van der Waals surface area contributed by atoms with Crippen molar-refractivity contribution in [3.8, 4) is 11.4 Å². The summed E-state index contributed by atoms with van der Waals surface area (Å²) < 4.78 is 20.4. The van der Waals surface area contributed by atoms with E-state index >= 15 is 0 Å². The largest absolute Gasteiger partial charge is 0.495 e. The van der Waals surface area contributed by atoms with E-state index in [4.69, 9.17) is 4.74 Å². The fraction of sp³-hybridized carbons (Fsp3) is 0.346. The minimum atomic E-state index is -0.284. The smallest absolute Gasteiger partial charge is 0.251 e. The van der Waals surface area contributed by atoms with Crippen LogP contribution in [-0.2, 0) is 11.2 Å². The molecular weight excluding hydrogens is 435 g/mol. The summed E-state index contributed by atoms with van der Waals surface area (Å²) in [5.41, 5.74) is 3.12. The minimum Gasteiger partial charge on any atom is -0.495 e. The van der Waals surface area contributed by atoms with E-state index in [-0.39, 0.29) is 23.7 Å². The zero-order valence-electron chi connectivity index (χ0n) is 19.5. The number of nitrogens with zero attached hydrogens (tertiary/aromatic N) is 3. The lowest BCUT2D eigenvalue weighted by atomic mass is 10.0. The summed E-state index contributed by atoms with van der Waals surface area (Å²) in [5, 5.41) is 3.07. The molecule has 0 bridgehead atoms. The van der Waals surface area contributed by atoms with Gasteiger partial charge in [-0.2, -0.15) is 0 Å². The molecule has 4 rings (SSSR count). The Bertz CT molecular complexity index is 1160. The van der Waals surface area contributed by atoms with Crippen LogP contribution in [0.15, 0.2) is 55.0 Å². The second-order valence-corrected chi connectivity index (χ2v) is 8.59. The Hall–Kier alpha value is -3.68. The maximum atomic E-state index is 13.1. The number of hydrogen-bond donors (Lipinski definition) is 1. The zero-order chi connectivity index (χ0) is 24.1. The predicted molar refractivity (Wildman–Crippen MR) is 127 cm³/mol. The van der Waals surface area contributed by atoms with Gasteiger partial charge in [0.1, 0.15) is 11.6 Å². The van der Waals surface area contributed by atoms with E-state index < -0.39 is 0 Å². The second kappa shape index (κ2) is 10.5. The molecule has 3 aromatic rings. The van der Waals surface area contributed by atoms with Crippen LogP contribution in [0.1, 0.15) is 40.9 Å². The van der Waals surface area contributed by atoms with E-state index in [1.807, 2.05) is 28.7 Å². The number of hydrogen-bond acceptors (Lipinski definition) is 4. The van der Waals surface area contributed by atoms with Crippen molar-refractivity contribution >= 4 is 11.8 Å². The summed E-state index contributed by atoms with van der Waals surface area (Å²) >= 11 is 0. The first-order valence-corrected chi connectivity index (χ1v) is 11.4. The van der Waals surface area contributed by atoms with Crippen LogP contribution < -0.4 is 10.1 Å². The van der Waals surface area contributed by atoms with Crippen molar-refractivity contribution in [1.82, 2.24) is 19.8 Å². The molecule has 1 unspecified atom stereocenters. The van der Waals surface area contributed by atoms with E-state index in [0.717, 1.165) is 29.8 Å². The second-order valence-electron chi connectivity index (χ2n) is 8.59. The third kappa shape index (κ3) is 5.62. The maximum Gasteiger partial charge on any atom is 0.251 e. The van der Waals surface area contributed by atoms with Gasteiger partial charge >= 0.3 is 0 Å². The number of amides is 2. The number of likely N-dealkylation sites (tertiary alicyclic amines) is 1. The zero-order valence-corrected chi connectivity index (χ0v) is 19.5. The van der Waals surface area contributed by atoms with E-state index in [1.165, 1.54) is 12.1 Å². The topological polar surface area (TPSA) is 76.5 Å². The van der Waals surface area contributed by atoms with Crippen LogP contribution in [0.4, 0.5) is 4.39 Å². The van der Waals surface area contributed by atoms with Gasteiger partial charge in [-0.15, -0.1) is 0 Å².